The van der Waals surface area contributed by atoms with Gasteiger partial charge in [-0.2, -0.15) is 13.2 Å². The largest absolute Gasteiger partial charge is 0.436 e. The fourth-order valence-electron chi connectivity index (χ4n) is 3.93. The van der Waals surface area contributed by atoms with Gasteiger partial charge >= 0.3 is 12.3 Å². The molecule has 0 spiro atoms. The van der Waals surface area contributed by atoms with Crippen LogP contribution in [0.1, 0.15) is 30.5 Å². The first-order chi connectivity index (χ1) is 19.8. The normalized spacial score (nSPS) is 12.4. The third kappa shape index (κ3) is 8.91. The molecule has 15 heteroatoms. The van der Waals surface area contributed by atoms with E-state index in [1.54, 1.807) is 0 Å². The van der Waals surface area contributed by atoms with Gasteiger partial charge in [-0.25, -0.2) is 14.2 Å². The van der Waals surface area contributed by atoms with Gasteiger partial charge in [-0.15, -0.1) is 0 Å². The molecule has 2 heterocycles. The number of benzene rings is 1. The Hall–Kier alpha value is -4.69. The van der Waals surface area contributed by atoms with E-state index in [0.29, 0.717) is 16.6 Å². The summed E-state index contributed by atoms with van der Waals surface area (Å²) in [6, 6.07) is 3.71. The number of anilines is 1. The predicted octanol–water partition coefficient (Wildman–Crippen LogP) is 3.49. The molecular weight excluding hydrogens is 564 g/mol. The Balaban J connectivity index is 1.80. The highest BCUT2D eigenvalue weighted by Crippen LogP contribution is 2.27. The van der Waals surface area contributed by atoms with Crippen molar-refractivity contribution in [1.82, 2.24) is 24.8 Å². The Bertz CT molecular complexity index is 1530. The van der Waals surface area contributed by atoms with Crippen molar-refractivity contribution >= 4 is 34.5 Å². The molecule has 0 saturated heterocycles. The molecule has 0 saturated carbocycles. The van der Waals surface area contributed by atoms with Gasteiger partial charge in [0.25, 0.3) is 11.5 Å². The number of alkyl halides is 3. The Kier molecular flexibility index (Phi) is 10.4. The molecule has 1 unspecified atom stereocenters. The minimum atomic E-state index is -4.41. The van der Waals surface area contributed by atoms with Crippen LogP contribution in [0, 0.1) is 5.82 Å². The van der Waals surface area contributed by atoms with Crippen molar-refractivity contribution in [2.24, 2.45) is 0 Å². The van der Waals surface area contributed by atoms with Crippen LogP contribution in [0.3, 0.4) is 0 Å². The summed E-state index contributed by atoms with van der Waals surface area (Å²) >= 11 is 0. The number of carbonyl (C=O) groups is 3. The lowest BCUT2D eigenvalue weighted by Gasteiger charge is -2.19. The van der Waals surface area contributed by atoms with Crippen LogP contribution in [0.25, 0.3) is 10.9 Å². The summed E-state index contributed by atoms with van der Waals surface area (Å²) in [5.41, 5.74) is -0.0439. The third-order valence-electron chi connectivity index (χ3n) is 6.02. The second-order valence-corrected chi connectivity index (χ2v) is 9.53. The molecule has 0 bridgehead atoms. The zero-order valence-corrected chi connectivity index (χ0v) is 23.0. The summed E-state index contributed by atoms with van der Waals surface area (Å²) in [5, 5.41) is 5.16. The maximum Gasteiger partial charge on any atom is 0.410 e. The molecule has 2 aromatic heterocycles. The van der Waals surface area contributed by atoms with E-state index in [9.17, 15) is 36.7 Å². The van der Waals surface area contributed by atoms with Crippen molar-refractivity contribution in [2.75, 3.05) is 26.5 Å². The molecule has 42 heavy (non-hydrogen) atoms. The Morgan fingerprint density at radius 2 is 1.95 bits per heavy atom. The number of nitrogens with zero attached hydrogens (tertiary/aromatic N) is 3. The van der Waals surface area contributed by atoms with Crippen LogP contribution in [-0.2, 0) is 27.3 Å². The fourth-order valence-corrected chi connectivity index (χ4v) is 3.93. The van der Waals surface area contributed by atoms with Crippen LogP contribution in [0.2, 0.25) is 0 Å². The van der Waals surface area contributed by atoms with Gasteiger partial charge in [-0.3, -0.25) is 19.0 Å². The van der Waals surface area contributed by atoms with Crippen LogP contribution in [0.4, 0.5) is 28.0 Å². The summed E-state index contributed by atoms with van der Waals surface area (Å²) < 4.78 is 58.7. The number of aromatic amines is 1. The van der Waals surface area contributed by atoms with E-state index in [1.807, 2.05) is 0 Å². The number of halogens is 4. The Morgan fingerprint density at radius 1 is 1.21 bits per heavy atom. The molecule has 0 aliphatic carbocycles. The first kappa shape index (κ1) is 31.8. The van der Waals surface area contributed by atoms with Crippen LogP contribution in [-0.4, -0.2) is 70.8 Å². The van der Waals surface area contributed by atoms with Crippen molar-refractivity contribution in [2.45, 2.75) is 44.5 Å². The molecule has 3 amide bonds. The number of ether oxygens (including phenoxy) is 1. The molecule has 1 aromatic carbocycles. The second kappa shape index (κ2) is 13.8. The number of aromatic nitrogens is 3. The number of hydrogen-bond acceptors (Lipinski definition) is 6. The maximum absolute atomic E-state index is 14.1. The number of fused-ring (bicyclic) bond motifs is 1. The van der Waals surface area contributed by atoms with Crippen molar-refractivity contribution in [1.29, 1.82) is 0 Å². The zero-order chi connectivity index (χ0) is 31.0. The first-order valence-electron chi connectivity index (χ1n) is 12.8. The van der Waals surface area contributed by atoms with Gasteiger partial charge in [-0.1, -0.05) is 6.08 Å². The first-order valence-corrected chi connectivity index (χ1v) is 12.8. The molecule has 1 atom stereocenters. The molecule has 3 rings (SSSR count). The lowest BCUT2D eigenvalue weighted by molar-refractivity contribution is -0.134. The van der Waals surface area contributed by atoms with E-state index in [0.717, 1.165) is 21.7 Å². The van der Waals surface area contributed by atoms with Crippen LogP contribution < -0.4 is 16.2 Å². The minimum Gasteiger partial charge on any atom is -0.436 e. The highest BCUT2D eigenvalue weighted by Gasteiger charge is 2.27. The molecule has 0 fully saturated rings. The quantitative estimate of drug-likeness (QED) is 0.230. The lowest BCUT2D eigenvalue weighted by Crippen LogP contribution is -2.37. The number of aryl methyl sites for hydroxylation is 1. The number of nitrogens with one attached hydrogen (secondary N) is 3. The minimum absolute atomic E-state index is 0.00958. The highest BCUT2D eigenvalue weighted by molar-refractivity contribution is 5.95. The van der Waals surface area contributed by atoms with E-state index in [2.05, 4.69) is 20.6 Å². The molecule has 3 N–H and O–H groups in total. The number of allylic oxidation sites excluding steroid dienone is 1. The average Bonchev–Trinajstić information content (AvgIpc) is 3.32. The van der Waals surface area contributed by atoms with E-state index in [4.69, 9.17) is 4.74 Å². The molecule has 3 aromatic rings. The Labute approximate surface area is 237 Å². The second-order valence-electron chi connectivity index (χ2n) is 9.53. The van der Waals surface area contributed by atoms with Crippen molar-refractivity contribution in [3.63, 3.8) is 0 Å². The monoisotopic (exact) mass is 594 g/mol. The SMILES string of the molecule is CNC(=O)/C=C/CCC(OC(=O)N(C)C)C(=O)Nc1cncn(Cc2cc3cc(F)cc(CCC(F)(F)F)c3[nH]2)c1=O. The number of carbonyl (C=O) groups excluding carboxylic acids is 3. The summed E-state index contributed by atoms with van der Waals surface area (Å²) in [7, 11) is 4.32. The maximum atomic E-state index is 14.1. The topological polar surface area (TPSA) is 138 Å². The Morgan fingerprint density at radius 3 is 2.62 bits per heavy atom. The summed E-state index contributed by atoms with van der Waals surface area (Å²) in [5.74, 6) is -1.84. The molecule has 0 aliphatic rings. The number of H-pyrrole nitrogens is 1. The van der Waals surface area contributed by atoms with Gasteiger partial charge in [0.2, 0.25) is 5.91 Å². The van der Waals surface area contributed by atoms with Crippen LogP contribution in [0.15, 0.2) is 47.7 Å². The van der Waals surface area contributed by atoms with Gasteiger partial charge in [0.05, 0.1) is 19.1 Å². The van der Waals surface area contributed by atoms with Gasteiger partial charge in [-0.05, 0) is 49.1 Å². The number of amides is 3. The molecule has 0 radical (unpaired) electrons. The summed E-state index contributed by atoms with van der Waals surface area (Å²) in [6.07, 6.45) is -2.78. The molecule has 226 valence electrons. The van der Waals surface area contributed by atoms with E-state index in [-0.39, 0.29) is 36.5 Å². The van der Waals surface area contributed by atoms with Gasteiger partial charge < -0.3 is 25.3 Å². The van der Waals surface area contributed by atoms with E-state index < -0.39 is 48.5 Å². The van der Waals surface area contributed by atoms with E-state index >= 15 is 0 Å². The molecular formula is C27H30F4N6O5. The van der Waals surface area contributed by atoms with Gasteiger partial charge in [0, 0.05) is 44.2 Å². The summed E-state index contributed by atoms with van der Waals surface area (Å²) in [4.78, 5) is 57.6. The summed E-state index contributed by atoms with van der Waals surface area (Å²) in [6.45, 7) is -0.117. The number of hydrogen-bond donors (Lipinski definition) is 3. The highest BCUT2D eigenvalue weighted by atomic mass is 19.4. The molecule has 11 nitrogen and oxygen atoms in total. The average molecular weight is 595 g/mol. The van der Waals surface area contributed by atoms with Crippen LogP contribution in [0.5, 0.6) is 0 Å². The van der Waals surface area contributed by atoms with Gasteiger partial charge in [0.15, 0.2) is 6.10 Å². The smallest absolute Gasteiger partial charge is 0.410 e. The van der Waals surface area contributed by atoms with Gasteiger partial charge in [0.1, 0.15) is 11.5 Å². The fraction of sp³-hybridized carbons (Fsp3) is 0.370. The van der Waals surface area contributed by atoms with Crippen molar-refractivity contribution < 1.29 is 36.7 Å². The predicted molar refractivity (Wildman–Crippen MR) is 145 cm³/mol. The molecule has 0 aliphatic heterocycles. The number of rotatable bonds is 11. The van der Waals surface area contributed by atoms with Crippen LogP contribution >= 0.6 is 0 Å². The van der Waals surface area contributed by atoms with Crippen molar-refractivity contribution in [3.05, 3.63) is 70.3 Å². The van der Waals surface area contributed by atoms with Crippen molar-refractivity contribution in [3.8, 4) is 0 Å². The third-order valence-corrected chi connectivity index (χ3v) is 6.02. The standard InChI is InChI=1S/C27H30F4N6O5/c1-32-22(38)7-5-4-6-21(42-26(41)36(2)3)24(39)35-20-13-33-15-37(25(20)40)14-19-12-17-11-18(28)10-16(23(17)34-19)8-9-27(29,30)31/h5,7,10-13,15,21,34H,4,6,8-9,14H2,1-3H3,(H,32,38)(H,35,39)/b7-5+. The number of likely N-dealkylation sites (N-methyl/N-ethyl adjacent to an activating group) is 1. The lowest BCUT2D eigenvalue weighted by atomic mass is 10.1. The zero-order valence-electron chi connectivity index (χ0n) is 23.0. The van der Waals surface area contributed by atoms with E-state index in [1.165, 1.54) is 51.8 Å².